The third-order valence-corrected chi connectivity index (χ3v) is 4.35. The second kappa shape index (κ2) is 7.30. The predicted molar refractivity (Wildman–Crippen MR) is 94.7 cm³/mol. The van der Waals surface area contributed by atoms with Crippen LogP contribution in [0.2, 0.25) is 0 Å². The quantitative estimate of drug-likeness (QED) is 0.708. The lowest BCUT2D eigenvalue weighted by Crippen LogP contribution is -2.29. The molecule has 1 atom stereocenters. The molecule has 0 radical (unpaired) electrons. The fourth-order valence-electron chi connectivity index (χ4n) is 2.74. The Bertz CT molecular complexity index is 844. The highest BCUT2D eigenvalue weighted by Gasteiger charge is 2.19. The topological polar surface area (TPSA) is 38.1 Å². The molecule has 3 aromatic rings. The molecule has 1 amide bonds. The van der Waals surface area contributed by atoms with E-state index in [1.165, 1.54) is 12.1 Å². The largest absolute Gasteiger partial charge is 0.335 e. The van der Waals surface area contributed by atoms with Crippen molar-refractivity contribution in [2.75, 3.05) is 7.05 Å². The van der Waals surface area contributed by atoms with Gasteiger partial charge in [-0.05, 0) is 42.3 Å². The predicted octanol–water partition coefficient (Wildman–Crippen LogP) is 3.90. The fraction of sp³-hybridized carbons (Fsp3) is 0.200. The lowest BCUT2D eigenvalue weighted by atomic mass is 10.1. The summed E-state index contributed by atoms with van der Waals surface area (Å²) in [5.41, 5.74) is 2.56. The number of rotatable bonds is 5. The van der Waals surface area contributed by atoms with Crippen molar-refractivity contribution in [3.63, 3.8) is 0 Å². The zero-order valence-electron chi connectivity index (χ0n) is 14.3. The number of carbonyl (C=O) groups is 1. The second-order valence-electron chi connectivity index (χ2n) is 6.08. The van der Waals surface area contributed by atoms with Crippen LogP contribution in [0, 0.1) is 5.82 Å². The summed E-state index contributed by atoms with van der Waals surface area (Å²) in [5, 5.41) is 0. The first-order valence-electron chi connectivity index (χ1n) is 8.12. The van der Waals surface area contributed by atoms with Crippen molar-refractivity contribution in [2.24, 2.45) is 0 Å². The maximum atomic E-state index is 13.1. The number of hydrogen-bond donors (Lipinski definition) is 0. The highest BCUT2D eigenvalue weighted by molar-refractivity contribution is 5.94. The number of aromatic nitrogens is 2. The molecular weight excluding hydrogens is 317 g/mol. The van der Waals surface area contributed by atoms with E-state index in [0.29, 0.717) is 12.1 Å². The van der Waals surface area contributed by atoms with Crippen molar-refractivity contribution in [2.45, 2.75) is 19.5 Å². The third kappa shape index (κ3) is 3.94. The van der Waals surface area contributed by atoms with E-state index in [0.717, 1.165) is 11.1 Å². The van der Waals surface area contributed by atoms with Crippen molar-refractivity contribution >= 4 is 5.91 Å². The Hall–Kier alpha value is -2.95. The minimum Gasteiger partial charge on any atom is -0.335 e. The first kappa shape index (κ1) is 16.9. The Kier molecular flexibility index (Phi) is 4.93. The van der Waals surface area contributed by atoms with Crippen LogP contribution in [0.5, 0.6) is 0 Å². The minimum absolute atomic E-state index is 0.0655. The van der Waals surface area contributed by atoms with Gasteiger partial charge in [-0.3, -0.25) is 4.79 Å². The molecule has 0 bridgehead atoms. The summed E-state index contributed by atoms with van der Waals surface area (Å²) < 4.78 is 15.0. The SMILES string of the molecule is C[C@H](c1ccc(F)cc1)N(C)C(=O)c1cccc(Cn2ccnc2)c1. The van der Waals surface area contributed by atoms with E-state index in [1.807, 2.05) is 42.0 Å². The normalized spacial score (nSPS) is 12.0. The first-order valence-corrected chi connectivity index (χ1v) is 8.12. The molecule has 0 fully saturated rings. The van der Waals surface area contributed by atoms with Crippen LogP contribution in [-0.4, -0.2) is 27.4 Å². The van der Waals surface area contributed by atoms with Gasteiger partial charge < -0.3 is 9.47 Å². The van der Waals surface area contributed by atoms with E-state index in [4.69, 9.17) is 0 Å². The van der Waals surface area contributed by atoms with E-state index in [9.17, 15) is 9.18 Å². The zero-order valence-corrected chi connectivity index (χ0v) is 14.3. The molecule has 0 saturated carbocycles. The van der Waals surface area contributed by atoms with Crippen LogP contribution < -0.4 is 0 Å². The Morgan fingerprint density at radius 2 is 2.00 bits per heavy atom. The van der Waals surface area contributed by atoms with Crippen LogP contribution in [0.4, 0.5) is 4.39 Å². The zero-order chi connectivity index (χ0) is 17.8. The van der Waals surface area contributed by atoms with E-state index in [-0.39, 0.29) is 17.8 Å². The van der Waals surface area contributed by atoms with Gasteiger partial charge in [0.1, 0.15) is 5.82 Å². The molecule has 0 N–H and O–H groups in total. The molecule has 3 rings (SSSR count). The van der Waals surface area contributed by atoms with Crippen molar-refractivity contribution in [3.8, 4) is 0 Å². The Balaban J connectivity index is 1.76. The van der Waals surface area contributed by atoms with Crippen LogP contribution in [0.1, 0.15) is 34.5 Å². The maximum absolute atomic E-state index is 13.1. The van der Waals surface area contributed by atoms with Crippen LogP contribution in [-0.2, 0) is 6.54 Å². The number of benzene rings is 2. The summed E-state index contributed by atoms with van der Waals surface area (Å²) in [6.07, 6.45) is 5.36. The van der Waals surface area contributed by atoms with Crippen LogP contribution in [0.3, 0.4) is 0 Å². The van der Waals surface area contributed by atoms with Gasteiger partial charge in [-0.15, -0.1) is 0 Å². The van der Waals surface area contributed by atoms with Crippen molar-refractivity contribution in [3.05, 3.63) is 89.8 Å². The fourth-order valence-corrected chi connectivity index (χ4v) is 2.74. The van der Waals surface area contributed by atoms with Crippen molar-refractivity contribution < 1.29 is 9.18 Å². The smallest absolute Gasteiger partial charge is 0.254 e. The van der Waals surface area contributed by atoms with Gasteiger partial charge in [-0.25, -0.2) is 9.37 Å². The number of imidazole rings is 1. The maximum Gasteiger partial charge on any atom is 0.254 e. The molecule has 0 saturated heterocycles. The highest BCUT2D eigenvalue weighted by Crippen LogP contribution is 2.21. The molecular formula is C20H20FN3O. The van der Waals surface area contributed by atoms with Crippen LogP contribution in [0.25, 0.3) is 0 Å². The standard InChI is InChI=1S/C20H20FN3O/c1-15(17-6-8-19(21)9-7-17)23(2)20(25)18-5-3-4-16(12-18)13-24-11-10-22-14-24/h3-12,14-15H,13H2,1-2H3/t15-/m1/s1. The molecule has 128 valence electrons. The summed E-state index contributed by atoms with van der Waals surface area (Å²) in [6, 6.07) is 13.7. The third-order valence-electron chi connectivity index (χ3n) is 4.35. The number of carbonyl (C=O) groups excluding carboxylic acids is 1. The molecule has 0 aliphatic carbocycles. The van der Waals surface area contributed by atoms with Gasteiger partial charge in [-0.2, -0.15) is 0 Å². The number of hydrogen-bond acceptors (Lipinski definition) is 2. The molecule has 0 unspecified atom stereocenters. The van der Waals surface area contributed by atoms with Crippen molar-refractivity contribution in [1.29, 1.82) is 0 Å². The van der Waals surface area contributed by atoms with Gasteiger partial charge >= 0.3 is 0 Å². The van der Waals surface area contributed by atoms with Crippen molar-refractivity contribution in [1.82, 2.24) is 14.5 Å². The lowest BCUT2D eigenvalue weighted by molar-refractivity contribution is 0.0742. The summed E-state index contributed by atoms with van der Waals surface area (Å²) >= 11 is 0. The van der Waals surface area contributed by atoms with E-state index < -0.39 is 0 Å². The monoisotopic (exact) mass is 337 g/mol. The van der Waals surface area contributed by atoms with Gasteiger partial charge in [0.05, 0.1) is 12.4 Å². The summed E-state index contributed by atoms with van der Waals surface area (Å²) in [6.45, 7) is 2.60. The van der Waals surface area contributed by atoms with E-state index in [1.54, 1.807) is 36.6 Å². The Morgan fingerprint density at radius 3 is 2.68 bits per heavy atom. The van der Waals surface area contributed by atoms with Gasteiger partial charge in [0, 0.05) is 31.5 Å². The van der Waals surface area contributed by atoms with Crippen LogP contribution >= 0.6 is 0 Å². The molecule has 25 heavy (non-hydrogen) atoms. The number of nitrogens with zero attached hydrogens (tertiary/aromatic N) is 3. The number of amides is 1. The van der Waals surface area contributed by atoms with Gasteiger partial charge in [0.2, 0.25) is 0 Å². The highest BCUT2D eigenvalue weighted by atomic mass is 19.1. The average Bonchev–Trinajstić information content (AvgIpc) is 3.13. The molecule has 2 aromatic carbocycles. The van der Waals surface area contributed by atoms with E-state index in [2.05, 4.69) is 4.98 Å². The van der Waals surface area contributed by atoms with Gasteiger partial charge in [0.15, 0.2) is 0 Å². The van der Waals surface area contributed by atoms with Gasteiger partial charge in [-0.1, -0.05) is 24.3 Å². The minimum atomic E-state index is -0.280. The molecule has 4 nitrogen and oxygen atoms in total. The second-order valence-corrected chi connectivity index (χ2v) is 6.08. The lowest BCUT2D eigenvalue weighted by Gasteiger charge is -2.25. The molecule has 0 aliphatic heterocycles. The van der Waals surface area contributed by atoms with E-state index >= 15 is 0 Å². The van der Waals surface area contributed by atoms with Crippen LogP contribution in [0.15, 0.2) is 67.3 Å². The Labute approximate surface area is 146 Å². The summed E-state index contributed by atoms with van der Waals surface area (Å²) in [7, 11) is 1.76. The molecule has 0 spiro atoms. The summed E-state index contributed by atoms with van der Waals surface area (Å²) in [4.78, 5) is 18.5. The Morgan fingerprint density at radius 1 is 1.24 bits per heavy atom. The molecule has 1 aromatic heterocycles. The molecule has 0 aliphatic rings. The molecule has 1 heterocycles. The van der Waals surface area contributed by atoms with Gasteiger partial charge in [0.25, 0.3) is 5.91 Å². The number of halogens is 1. The molecule has 5 heteroatoms. The average molecular weight is 337 g/mol. The summed E-state index contributed by atoms with van der Waals surface area (Å²) in [5.74, 6) is -0.346. The first-order chi connectivity index (χ1) is 12.0.